The third-order valence-electron chi connectivity index (χ3n) is 3.76. The number of fused-ring (bicyclic) bond motifs is 1. The fourth-order valence-corrected chi connectivity index (χ4v) is 2.48. The van der Waals surface area contributed by atoms with Crippen LogP contribution in [0.15, 0.2) is 42.5 Å². The van der Waals surface area contributed by atoms with Crippen molar-refractivity contribution in [1.82, 2.24) is 15.3 Å². The van der Waals surface area contributed by atoms with Crippen molar-refractivity contribution >= 4 is 16.9 Å². The average Bonchev–Trinajstić information content (AvgIpc) is 2.97. The molecule has 0 radical (unpaired) electrons. The zero-order valence-corrected chi connectivity index (χ0v) is 13.2. The molecule has 23 heavy (non-hydrogen) atoms. The lowest BCUT2D eigenvalue weighted by Gasteiger charge is -2.08. The highest BCUT2D eigenvalue weighted by Gasteiger charge is 2.09. The molecule has 1 heterocycles. The highest BCUT2D eigenvalue weighted by Crippen LogP contribution is 2.18. The van der Waals surface area contributed by atoms with Crippen LogP contribution < -0.4 is 10.1 Å². The Bertz CT molecular complexity index is 806. The van der Waals surface area contributed by atoms with Crippen LogP contribution in [0.2, 0.25) is 0 Å². The number of aryl methyl sites for hydroxylation is 1. The predicted octanol–water partition coefficient (Wildman–Crippen LogP) is 2.85. The number of aromatic nitrogens is 2. The normalized spacial score (nSPS) is 10.7. The summed E-state index contributed by atoms with van der Waals surface area (Å²) in [4.78, 5) is 19.9. The summed E-state index contributed by atoms with van der Waals surface area (Å²) in [6, 6.07) is 13.3. The SMILES string of the molecule is COc1cc(C(=O)NCCc2nc3ccccc3[nH]2)ccc1C. The summed E-state index contributed by atoms with van der Waals surface area (Å²) in [5.74, 6) is 1.47. The third kappa shape index (κ3) is 3.34. The molecule has 118 valence electrons. The Morgan fingerprint density at radius 2 is 2.09 bits per heavy atom. The number of imidazole rings is 1. The maximum absolute atomic E-state index is 12.2. The van der Waals surface area contributed by atoms with Crippen molar-refractivity contribution in [2.45, 2.75) is 13.3 Å². The number of carbonyl (C=O) groups is 1. The van der Waals surface area contributed by atoms with Gasteiger partial charge >= 0.3 is 0 Å². The number of amides is 1. The van der Waals surface area contributed by atoms with E-state index < -0.39 is 0 Å². The summed E-state index contributed by atoms with van der Waals surface area (Å²) in [7, 11) is 1.60. The Kier molecular flexibility index (Phi) is 4.28. The number of rotatable bonds is 5. The van der Waals surface area contributed by atoms with E-state index in [1.807, 2.05) is 37.3 Å². The van der Waals surface area contributed by atoms with E-state index in [-0.39, 0.29) is 5.91 Å². The van der Waals surface area contributed by atoms with Gasteiger partial charge in [0.25, 0.3) is 5.91 Å². The molecule has 1 amide bonds. The molecular formula is C18H19N3O2. The first kappa shape index (κ1) is 15.1. The molecular weight excluding hydrogens is 290 g/mol. The van der Waals surface area contributed by atoms with Crippen molar-refractivity contribution in [2.24, 2.45) is 0 Å². The number of para-hydroxylation sites is 2. The second-order valence-corrected chi connectivity index (χ2v) is 5.39. The van der Waals surface area contributed by atoms with E-state index in [9.17, 15) is 4.79 Å². The van der Waals surface area contributed by atoms with E-state index in [1.54, 1.807) is 19.2 Å². The molecule has 0 aliphatic rings. The largest absolute Gasteiger partial charge is 0.496 e. The van der Waals surface area contributed by atoms with Crippen molar-refractivity contribution in [3.8, 4) is 5.75 Å². The maximum Gasteiger partial charge on any atom is 0.251 e. The summed E-state index contributed by atoms with van der Waals surface area (Å²) >= 11 is 0. The van der Waals surface area contributed by atoms with Crippen molar-refractivity contribution < 1.29 is 9.53 Å². The summed E-state index contributed by atoms with van der Waals surface area (Å²) < 4.78 is 5.25. The molecule has 3 aromatic rings. The van der Waals surface area contributed by atoms with Crippen LogP contribution in [0.25, 0.3) is 11.0 Å². The number of H-pyrrole nitrogens is 1. The third-order valence-corrected chi connectivity index (χ3v) is 3.76. The van der Waals surface area contributed by atoms with Gasteiger partial charge in [-0.2, -0.15) is 0 Å². The highest BCUT2D eigenvalue weighted by molar-refractivity contribution is 5.94. The second-order valence-electron chi connectivity index (χ2n) is 5.39. The van der Waals surface area contributed by atoms with Crippen LogP contribution in [0.4, 0.5) is 0 Å². The molecule has 2 aromatic carbocycles. The van der Waals surface area contributed by atoms with Gasteiger partial charge in [-0.1, -0.05) is 18.2 Å². The van der Waals surface area contributed by atoms with Gasteiger partial charge in [-0.05, 0) is 36.8 Å². The van der Waals surface area contributed by atoms with Crippen molar-refractivity contribution in [1.29, 1.82) is 0 Å². The zero-order chi connectivity index (χ0) is 16.2. The van der Waals surface area contributed by atoms with Crippen molar-refractivity contribution in [3.05, 3.63) is 59.4 Å². The predicted molar refractivity (Wildman–Crippen MR) is 89.9 cm³/mol. The van der Waals surface area contributed by atoms with Crippen LogP contribution in [0.3, 0.4) is 0 Å². The molecule has 0 saturated carbocycles. The molecule has 0 aliphatic carbocycles. The molecule has 0 aliphatic heterocycles. The Labute approximate surface area is 134 Å². The van der Waals surface area contributed by atoms with E-state index >= 15 is 0 Å². The minimum atomic E-state index is -0.112. The zero-order valence-electron chi connectivity index (χ0n) is 13.2. The standard InChI is InChI=1S/C18H19N3O2/c1-12-7-8-13(11-16(12)23-2)18(22)19-10-9-17-20-14-5-3-4-6-15(14)21-17/h3-8,11H,9-10H2,1-2H3,(H,19,22)(H,20,21). The lowest BCUT2D eigenvalue weighted by Crippen LogP contribution is -2.26. The van der Waals surface area contributed by atoms with Crippen molar-refractivity contribution in [3.63, 3.8) is 0 Å². The number of ether oxygens (including phenoxy) is 1. The Hall–Kier alpha value is -2.82. The van der Waals surface area contributed by atoms with Gasteiger partial charge in [-0.3, -0.25) is 4.79 Å². The van der Waals surface area contributed by atoms with E-state index in [1.165, 1.54) is 0 Å². The fraction of sp³-hybridized carbons (Fsp3) is 0.222. The molecule has 0 unspecified atom stereocenters. The summed E-state index contributed by atoms with van der Waals surface area (Å²) in [5, 5.41) is 2.91. The number of carbonyl (C=O) groups excluding carboxylic acids is 1. The fourth-order valence-electron chi connectivity index (χ4n) is 2.48. The van der Waals surface area contributed by atoms with Gasteiger partial charge in [0.15, 0.2) is 0 Å². The topological polar surface area (TPSA) is 67.0 Å². The minimum absolute atomic E-state index is 0.112. The maximum atomic E-state index is 12.2. The summed E-state index contributed by atoms with van der Waals surface area (Å²) in [6.07, 6.45) is 0.656. The monoisotopic (exact) mass is 309 g/mol. The smallest absolute Gasteiger partial charge is 0.251 e. The van der Waals surface area contributed by atoms with Crippen LogP contribution in [0.1, 0.15) is 21.7 Å². The van der Waals surface area contributed by atoms with E-state index in [2.05, 4.69) is 15.3 Å². The van der Waals surface area contributed by atoms with Gasteiger partial charge in [-0.15, -0.1) is 0 Å². The molecule has 0 saturated heterocycles. The van der Waals surface area contributed by atoms with Gasteiger partial charge in [-0.25, -0.2) is 4.98 Å². The number of nitrogens with zero attached hydrogens (tertiary/aromatic N) is 1. The lowest BCUT2D eigenvalue weighted by molar-refractivity contribution is 0.0953. The summed E-state index contributed by atoms with van der Waals surface area (Å²) in [6.45, 7) is 2.47. The van der Waals surface area contributed by atoms with Crippen molar-refractivity contribution in [2.75, 3.05) is 13.7 Å². The first-order valence-corrected chi connectivity index (χ1v) is 7.54. The Balaban J connectivity index is 1.60. The van der Waals surface area contributed by atoms with E-state index in [0.717, 1.165) is 28.2 Å². The first-order valence-electron chi connectivity index (χ1n) is 7.54. The number of benzene rings is 2. The average molecular weight is 309 g/mol. The van der Waals surface area contributed by atoms with Gasteiger partial charge in [0, 0.05) is 18.5 Å². The highest BCUT2D eigenvalue weighted by atomic mass is 16.5. The van der Waals surface area contributed by atoms with E-state index in [0.29, 0.717) is 18.5 Å². The molecule has 0 bridgehead atoms. The number of aromatic amines is 1. The van der Waals surface area contributed by atoms with Gasteiger partial charge in [0.2, 0.25) is 0 Å². The number of nitrogens with one attached hydrogen (secondary N) is 2. The van der Waals surface area contributed by atoms with Crippen LogP contribution in [-0.4, -0.2) is 29.5 Å². The molecule has 5 nitrogen and oxygen atoms in total. The van der Waals surface area contributed by atoms with Crippen LogP contribution in [0.5, 0.6) is 5.75 Å². The second kappa shape index (κ2) is 6.52. The molecule has 2 N–H and O–H groups in total. The van der Waals surface area contributed by atoms with E-state index in [4.69, 9.17) is 4.74 Å². The minimum Gasteiger partial charge on any atom is -0.496 e. The lowest BCUT2D eigenvalue weighted by atomic mass is 10.1. The van der Waals surface area contributed by atoms with Gasteiger partial charge in [0.05, 0.1) is 18.1 Å². The molecule has 5 heteroatoms. The number of hydrogen-bond donors (Lipinski definition) is 2. The van der Waals surface area contributed by atoms with Gasteiger partial charge in [0.1, 0.15) is 11.6 Å². The Morgan fingerprint density at radius 3 is 2.87 bits per heavy atom. The Morgan fingerprint density at radius 1 is 1.26 bits per heavy atom. The molecule has 1 aromatic heterocycles. The van der Waals surface area contributed by atoms with Crippen LogP contribution in [-0.2, 0) is 6.42 Å². The molecule has 0 atom stereocenters. The van der Waals surface area contributed by atoms with Crippen LogP contribution >= 0.6 is 0 Å². The molecule has 0 fully saturated rings. The molecule has 0 spiro atoms. The van der Waals surface area contributed by atoms with Gasteiger partial charge < -0.3 is 15.0 Å². The quantitative estimate of drug-likeness (QED) is 0.761. The first-order chi connectivity index (χ1) is 11.2. The molecule has 3 rings (SSSR count). The summed E-state index contributed by atoms with van der Waals surface area (Å²) in [5.41, 5.74) is 3.55. The number of methoxy groups -OCH3 is 1. The number of hydrogen-bond acceptors (Lipinski definition) is 3. The van der Waals surface area contributed by atoms with Crippen LogP contribution in [0, 0.1) is 6.92 Å².